The number of hydrogen-bond acceptors (Lipinski definition) is 1. The zero-order valence-electron chi connectivity index (χ0n) is 6.24. The Bertz CT molecular complexity index is 341. The molecule has 0 N–H and O–H groups in total. The van der Waals surface area contributed by atoms with E-state index in [4.69, 9.17) is 0 Å². The van der Waals surface area contributed by atoms with Gasteiger partial charge in [0.15, 0.2) is 0 Å². The predicted molar refractivity (Wildman–Crippen MR) is 64.6 cm³/mol. The molecule has 1 unspecified atom stereocenters. The largest absolute Gasteiger partial charge is 0.0622 e. The van der Waals surface area contributed by atoms with Crippen LogP contribution < -0.4 is 0 Å². The number of hydrogen-bond donors (Lipinski definition) is 0. The first-order chi connectivity index (χ1) is 5.86. The van der Waals surface area contributed by atoms with Gasteiger partial charge in [0, 0.05) is 4.91 Å². The zero-order valence-corrected chi connectivity index (χ0v) is 9.45. The standard InChI is InChI=1S/C9H7BrS2/c10-12-7-6-9(11-12)8-4-2-1-3-5-8/h1-7H. The normalized spacial score (nSPS) is 21.8. The lowest BCUT2D eigenvalue weighted by molar-refractivity contribution is 1.66. The van der Waals surface area contributed by atoms with Crippen molar-refractivity contribution in [3.05, 3.63) is 42.0 Å². The molecule has 1 heterocycles. The van der Waals surface area contributed by atoms with Crippen LogP contribution in [0.15, 0.2) is 36.4 Å². The molecule has 0 saturated heterocycles. The summed E-state index contributed by atoms with van der Waals surface area (Å²) in [7, 11) is 2.08. The van der Waals surface area contributed by atoms with Gasteiger partial charge in [-0.3, -0.25) is 0 Å². The molecular formula is C9H7BrS2. The molecule has 0 aliphatic carbocycles. The summed E-state index contributed by atoms with van der Waals surface area (Å²) in [6.07, 6.45) is 2.18. The first-order valence-electron chi connectivity index (χ1n) is 3.54. The van der Waals surface area contributed by atoms with Crippen LogP contribution in [0.4, 0.5) is 0 Å². The van der Waals surface area contributed by atoms with E-state index in [1.165, 1.54) is 10.5 Å². The van der Waals surface area contributed by atoms with Crippen molar-refractivity contribution in [1.29, 1.82) is 0 Å². The number of benzene rings is 1. The maximum atomic E-state index is 3.56. The summed E-state index contributed by atoms with van der Waals surface area (Å²) in [6.45, 7) is 0. The van der Waals surface area contributed by atoms with Crippen LogP contribution in [0.1, 0.15) is 5.56 Å². The second-order valence-electron chi connectivity index (χ2n) is 2.36. The van der Waals surface area contributed by atoms with Crippen LogP contribution in [0.2, 0.25) is 0 Å². The topological polar surface area (TPSA) is 0 Å². The van der Waals surface area contributed by atoms with E-state index >= 15 is 0 Å². The minimum atomic E-state index is 0.208. The smallest absolute Gasteiger partial charge is 0.0263 e. The van der Waals surface area contributed by atoms with Crippen molar-refractivity contribution < 1.29 is 0 Å². The Morgan fingerprint density at radius 1 is 1.17 bits per heavy atom. The minimum absolute atomic E-state index is 0.208. The summed E-state index contributed by atoms with van der Waals surface area (Å²) in [5, 5.41) is 2.19. The minimum Gasteiger partial charge on any atom is -0.0622 e. The van der Waals surface area contributed by atoms with Gasteiger partial charge < -0.3 is 0 Å². The van der Waals surface area contributed by atoms with Gasteiger partial charge in [0.05, 0.1) is 0 Å². The van der Waals surface area contributed by atoms with Crippen molar-refractivity contribution in [2.75, 3.05) is 0 Å². The predicted octanol–water partition coefficient (Wildman–Crippen LogP) is 4.07. The van der Waals surface area contributed by atoms with Crippen LogP contribution >= 0.6 is 33.6 Å². The van der Waals surface area contributed by atoms with Crippen LogP contribution in [0.5, 0.6) is 0 Å². The molecule has 0 nitrogen and oxygen atoms in total. The lowest BCUT2D eigenvalue weighted by Gasteiger charge is -1.99. The third-order valence-corrected chi connectivity index (χ3v) is 5.80. The summed E-state index contributed by atoms with van der Waals surface area (Å²) >= 11 is 3.56. The summed E-state index contributed by atoms with van der Waals surface area (Å²) in [4.78, 5) is 1.36. The Balaban J connectivity index is 2.25. The fourth-order valence-corrected chi connectivity index (χ4v) is 4.82. The lowest BCUT2D eigenvalue weighted by Crippen LogP contribution is -1.73. The van der Waals surface area contributed by atoms with E-state index in [1.54, 1.807) is 0 Å². The Morgan fingerprint density at radius 3 is 2.50 bits per heavy atom. The molecule has 1 aliphatic heterocycles. The van der Waals surface area contributed by atoms with Crippen molar-refractivity contribution in [2.45, 2.75) is 0 Å². The number of allylic oxidation sites excluding steroid dienone is 1. The zero-order chi connectivity index (χ0) is 8.39. The quantitative estimate of drug-likeness (QED) is 0.541. The molecule has 0 saturated carbocycles. The molecule has 1 aliphatic rings. The first kappa shape index (κ1) is 8.60. The van der Waals surface area contributed by atoms with E-state index in [-0.39, 0.29) is 7.95 Å². The van der Waals surface area contributed by atoms with Gasteiger partial charge in [0.1, 0.15) is 0 Å². The van der Waals surface area contributed by atoms with E-state index in [0.29, 0.717) is 0 Å². The summed E-state index contributed by atoms with van der Waals surface area (Å²) in [5.41, 5.74) is 1.31. The number of halogens is 1. The van der Waals surface area contributed by atoms with Gasteiger partial charge in [0.2, 0.25) is 0 Å². The molecule has 0 radical (unpaired) electrons. The van der Waals surface area contributed by atoms with Gasteiger partial charge >= 0.3 is 0 Å². The molecule has 1 aromatic rings. The van der Waals surface area contributed by atoms with E-state index in [0.717, 1.165) is 0 Å². The van der Waals surface area contributed by atoms with Crippen molar-refractivity contribution >= 4 is 43.8 Å². The summed E-state index contributed by atoms with van der Waals surface area (Å²) in [6, 6.07) is 10.5. The Labute approximate surface area is 85.6 Å². The monoisotopic (exact) mass is 258 g/mol. The van der Waals surface area contributed by atoms with Crippen LogP contribution in [0, 0.1) is 0 Å². The highest BCUT2D eigenvalue weighted by molar-refractivity contribution is 9.64. The third-order valence-electron chi connectivity index (χ3n) is 1.55. The third kappa shape index (κ3) is 1.84. The average molecular weight is 259 g/mol. The van der Waals surface area contributed by atoms with Crippen molar-refractivity contribution in [3.8, 4) is 0 Å². The first-order valence-corrected chi connectivity index (χ1v) is 8.01. The van der Waals surface area contributed by atoms with Gasteiger partial charge in [-0.15, -0.1) is 0 Å². The highest BCUT2D eigenvalue weighted by Gasteiger charge is 2.06. The summed E-state index contributed by atoms with van der Waals surface area (Å²) in [5.74, 6) is 0. The molecule has 0 bridgehead atoms. The fraction of sp³-hybridized carbons (Fsp3) is 0. The molecule has 0 spiro atoms. The molecule has 3 heteroatoms. The molecule has 0 amide bonds. The molecule has 2 rings (SSSR count). The molecule has 1 atom stereocenters. The van der Waals surface area contributed by atoms with Crippen LogP contribution in [-0.2, 0) is 0 Å². The maximum absolute atomic E-state index is 3.56. The molecular weight excluding hydrogens is 252 g/mol. The van der Waals surface area contributed by atoms with Gasteiger partial charge in [-0.1, -0.05) is 49.1 Å². The fourth-order valence-electron chi connectivity index (χ4n) is 1.00. The number of rotatable bonds is 1. The second-order valence-corrected chi connectivity index (χ2v) is 8.70. The van der Waals surface area contributed by atoms with E-state index in [2.05, 4.69) is 50.5 Å². The highest BCUT2D eigenvalue weighted by atomic mass is 79.9. The maximum Gasteiger partial charge on any atom is 0.0263 e. The van der Waals surface area contributed by atoms with Crippen LogP contribution in [0.3, 0.4) is 0 Å². The van der Waals surface area contributed by atoms with E-state index in [9.17, 15) is 0 Å². The average Bonchev–Trinajstić information content (AvgIpc) is 2.54. The van der Waals surface area contributed by atoms with Crippen LogP contribution in [-0.4, -0.2) is 5.37 Å². The van der Waals surface area contributed by atoms with Gasteiger partial charge in [-0.25, -0.2) is 0 Å². The lowest BCUT2D eigenvalue weighted by atomic mass is 10.2. The Morgan fingerprint density at radius 2 is 1.92 bits per heavy atom. The van der Waals surface area contributed by atoms with Crippen molar-refractivity contribution in [2.24, 2.45) is 0 Å². The molecule has 12 heavy (non-hydrogen) atoms. The van der Waals surface area contributed by atoms with Gasteiger partial charge in [0.25, 0.3) is 0 Å². The SMILES string of the molecule is BrS1=CC=C(c2ccccc2)S1. The molecule has 62 valence electrons. The molecule has 0 aromatic heterocycles. The summed E-state index contributed by atoms with van der Waals surface area (Å²) < 4.78 is 0. The van der Waals surface area contributed by atoms with Gasteiger partial charge in [-0.05, 0) is 31.8 Å². The molecule has 1 aromatic carbocycles. The Hall–Kier alpha value is 0.01000. The highest BCUT2D eigenvalue weighted by Crippen LogP contribution is 2.50. The van der Waals surface area contributed by atoms with Crippen LogP contribution in [0.25, 0.3) is 4.91 Å². The second kappa shape index (κ2) is 3.81. The van der Waals surface area contributed by atoms with E-state index < -0.39 is 0 Å². The van der Waals surface area contributed by atoms with Crippen molar-refractivity contribution in [1.82, 2.24) is 0 Å². The molecule has 0 fully saturated rings. The van der Waals surface area contributed by atoms with Gasteiger partial charge in [-0.2, -0.15) is 0 Å². The van der Waals surface area contributed by atoms with Crippen molar-refractivity contribution in [3.63, 3.8) is 0 Å². The Kier molecular flexibility index (Phi) is 2.73. The van der Waals surface area contributed by atoms with E-state index in [1.807, 2.05) is 16.9 Å².